The summed E-state index contributed by atoms with van der Waals surface area (Å²) in [6.45, 7) is 1.36. The summed E-state index contributed by atoms with van der Waals surface area (Å²) in [6, 6.07) is 4.62. The van der Waals surface area contributed by atoms with Crippen molar-refractivity contribution in [3.8, 4) is 0 Å². The summed E-state index contributed by atoms with van der Waals surface area (Å²) in [7, 11) is 0. The first-order chi connectivity index (χ1) is 14.5. The monoisotopic (exact) mass is 450 g/mol. The average molecular weight is 450 g/mol. The van der Waals surface area contributed by atoms with Crippen LogP contribution in [0.2, 0.25) is 0 Å². The Labute approximate surface area is 173 Å². The molecule has 0 saturated carbocycles. The first-order valence-corrected chi connectivity index (χ1v) is 9.54. The van der Waals surface area contributed by atoms with Gasteiger partial charge in [-0.05, 0) is 48.6 Å². The Hall–Kier alpha value is -2.42. The minimum atomic E-state index is -5.16. The van der Waals surface area contributed by atoms with E-state index >= 15 is 0 Å². The third-order valence-corrected chi connectivity index (χ3v) is 5.24. The summed E-state index contributed by atoms with van der Waals surface area (Å²) in [5.41, 5.74) is -2.07. The summed E-state index contributed by atoms with van der Waals surface area (Å²) in [5.74, 6) is -6.81. The van der Waals surface area contributed by atoms with Gasteiger partial charge in [-0.15, -0.1) is 0 Å². The molecule has 2 unspecified atom stereocenters. The predicted molar refractivity (Wildman–Crippen MR) is 97.9 cm³/mol. The van der Waals surface area contributed by atoms with Crippen LogP contribution < -0.4 is 0 Å². The fourth-order valence-electron chi connectivity index (χ4n) is 3.62. The molecule has 1 fully saturated rings. The minimum Gasteiger partial charge on any atom is -0.373 e. The number of hydrogen-bond donors (Lipinski definition) is 0. The smallest absolute Gasteiger partial charge is 0.373 e. The molecule has 9 heteroatoms. The van der Waals surface area contributed by atoms with Gasteiger partial charge in [0.1, 0.15) is 28.8 Å². The minimum absolute atomic E-state index is 0.0627. The number of benzene rings is 2. The van der Waals surface area contributed by atoms with Crippen LogP contribution in [-0.4, -0.2) is 6.61 Å². The fraction of sp³-hybridized carbons (Fsp3) is 0.364. The lowest BCUT2D eigenvalue weighted by Crippen LogP contribution is -2.21. The van der Waals surface area contributed by atoms with Gasteiger partial charge in [0.2, 0.25) is 0 Å². The Morgan fingerprint density at radius 3 is 2.10 bits per heavy atom. The van der Waals surface area contributed by atoms with E-state index in [-0.39, 0.29) is 36.1 Å². The molecule has 31 heavy (non-hydrogen) atoms. The Morgan fingerprint density at radius 2 is 1.61 bits per heavy atom. The zero-order chi connectivity index (χ0) is 22.9. The van der Waals surface area contributed by atoms with Gasteiger partial charge < -0.3 is 4.74 Å². The molecule has 1 nitrogen and oxygen atoms in total. The highest BCUT2D eigenvalue weighted by atomic mass is 19.4. The molecule has 3 rings (SSSR count). The topological polar surface area (TPSA) is 9.23 Å². The van der Waals surface area contributed by atoms with Crippen LogP contribution >= 0.6 is 0 Å². The van der Waals surface area contributed by atoms with Crippen LogP contribution in [-0.2, 0) is 10.9 Å². The van der Waals surface area contributed by atoms with E-state index in [0.717, 1.165) is 6.07 Å². The zero-order valence-electron chi connectivity index (χ0n) is 16.3. The highest BCUT2D eigenvalue weighted by Gasteiger charge is 2.38. The molecule has 2 aromatic rings. The van der Waals surface area contributed by atoms with Crippen LogP contribution in [0.3, 0.4) is 0 Å². The van der Waals surface area contributed by atoms with Crippen molar-refractivity contribution in [3.05, 3.63) is 75.9 Å². The third-order valence-electron chi connectivity index (χ3n) is 5.24. The molecule has 1 aliphatic heterocycles. The van der Waals surface area contributed by atoms with Crippen molar-refractivity contribution in [2.24, 2.45) is 0 Å². The van der Waals surface area contributed by atoms with Crippen molar-refractivity contribution >= 4 is 5.83 Å². The van der Waals surface area contributed by atoms with E-state index in [0.29, 0.717) is 18.6 Å². The van der Waals surface area contributed by atoms with Gasteiger partial charge >= 0.3 is 6.18 Å². The van der Waals surface area contributed by atoms with Gasteiger partial charge in [0.15, 0.2) is 5.83 Å². The third kappa shape index (κ3) is 4.92. The van der Waals surface area contributed by atoms with Gasteiger partial charge in [-0.3, -0.25) is 0 Å². The van der Waals surface area contributed by atoms with Crippen molar-refractivity contribution in [2.75, 3.05) is 6.61 Å². The standard InChI is InChI=1S/C22H18F8O/c1-2-15(23)21(27)11-3-5-14(16(24)7-11)12-4-6-19(31-10-12)13-8-17(25)20(18(26)9-13)22(28,29)30/h3,5,7-9,12,19H,2,4,6,10H2,1H3/b21-15+. The lowest BCUT2D eigenvalue weighted by atomic mass is 9.88. The Bertz CT molecular complexity index is 964. The summed E-state index contributed by atoms with van der Waals surface area (Å²) < 4.78 is 113. The van der Waals surface area contributed by atoms with Crippen molar-refractivity contribution in [1.82, 2.24) is 0 Å². The molecule has 0 spiro atoms. The average Bonchev–Trinajstić information content (AvgIpc) is 2.71. The molecule has 1 aliphatic rings. The van der Waals surface area contributed by atoms with E-state index in [1.54, 1.807) is 0 Å². The van der Waals surface area contributed by atoms with Crippen LogP contribution in [0.15, 0.2) is 36.2 Å². The van der Waals surface area contributed by atoms with Gasteiger partial charge in [0, 0.05) is 11.5 Å². The first-order valence-electron chi connectivity index (χ1n) is 9.54. The summed E-state index contributed by atoms with van der Waals surface area (Å²) in [6.07, 6.45) is -5.70. The van der Waals surface area contributed by atoms with Crippen LogP contribution in [0.4, 0.5) is 35.1 Å². The maximum absolute atomic E-state index is 14.5. The van der Waals surface area contributed by atoms with Crippen molar-refractivity contribution in [2.45, 2.75) is 44.4 Å². The second-order valence-corrected chi connectivity index (χ2v) is 7.26. The highest BCUT2D eigenvalue weighted by molar-refractivity contribution is 5.61. The van der Waals surface area contributed by atoms with E-state index in [4.69, 9.17) is 4.74 Å². The molecule has 0 N–H and O–H groups in total. The van der Waals surface area contributed by atoms with Gasteiger partial charge in [0.05, 0.1) is 12.7 Å². The molecule has 1 saturated heterocycles. The molecular weight excluding hydrogens is 432 g/mol. The molecule has 0 radical (unpaired) electrons. The highest BCUT2D eigenvalue weighted by Crippen LogP contribution is 2.40. The maximum Gasteiger partial charge on any atom is 0.422 e. The second kappa shape index (κ2) is 8.98. The largest absolute Gasteiger partial charge is 0.422 e. The van der Waals surface area contributed by atoms with Gasteiger partial charge in [-0.2, -0.15) is 13.2 Å². The molecule has 2 aromatic carbocycles. The number of ether oxygens (including phenoxy) is 1. The van der Waals surface area contributed by atoms with E-state index < -0.39 is 52.9 Å². The second-order valence-electron chi connectivity index (χ2n) is 7.26. The summed E-state index contributed by atoms with van der Waals surface area (Å²) in [5, 5.41) is 0. The lowest BCUT2D eigenvalue weighted by Gasteiger charge is -2.30. The van der Waals surface area contributed by atoms with E-state index in [9.17, 15) is 35.1 Å². The Kier molecular flexibility index (Phi) is 6.73. The lowest BCUT2D eigenvalue weighted by molar-refractivity contribution is -0.142. The number of allylic oxidation sites excluding steroid dienone is 1. The quantitative estimate of drug-likeness (QED) is 0.433. The number of halogens is 8. The number of hydrogen-bond acceptors (Lipinski definition) is 1. The summed E-state index contributed by atoms with van der Waals surface area (Å²) >= 11 is 0. The van der Waals surface area contributed by atoms with Gasteiger partial charge in [-0.25, -0.2) is 22.0 Å². The molecule has 0 aromatic heterocycles. The van der Waals surface area contributed by atoms with E-state index in [1.165, 1.54) is 19.1 Å². The zero-order valence-corrected chi connectivity index (χ0v) is 16.3. The van der Waals surface area contributed by atoms with E-state index in [2.05, 4.69) is 0 Å². The molecule has 0 aliphatic carbocycles. The van der Waals surface area contributed by atoms with Gasteiger partial charge in [-0.1, -0.05) is 19.1 Å². The molecule has 2 atom stereocenters. The number of rotatable bonds is 4. The van der Waals surface area contributed by atoms with Crippen molar-refractivity contribution in [1.29, 1.82) is 0 Å². The SMILES string of the molecule is CC/C(F)=C(\F)c1ccc(C2CCC(c3cc(F)c(C(F)(F)F)c(F)c3)OC2)c(F)c1. The van der Waals surface area contributed by atoms with E-state index in [1.807, 2.05) is 0 Å². The fourth-order valence-corrected chi connectivity index (χ4v) is 3.62. The van der Waals surface area contributed by atoms with Crippen molar-refractivity contribution < 1.29 is 39.9 Å². The predicted octanol–water partition coefficient (Wildman–Crippen LogP) is 7.78. The Morgan fingerprint density at radius 1 is 0.968 bits per heavy atom. The molecule has 0 amide bonds. The molecule has 0 bridgehead atoms. The Balaban J connectivity index is 1.74. The van der Waals surface area contributed by atoms with Gasteiger partial charge in [0.25, 0.3) is 0 Å². The van der Waals surface area contributed by atoms with Crippen LogP contribution in [0.25, 0.3) is 5.83 Å². The first kappa shape index (κ1) is 23.2. The normalized spacial score (nSPS) is 20.5. The molecule has 168 valence electrons. The number of alkyl halides is 3. The van der Waals surface area contributed by atoms with Crippen LogP contribution in [0.1, 0.15) is 60.5 Å². The maximum atomic E-state index is 14.5. The van der Waals surface area contributed by atoms with Crippen molar-refractivity contribution in [3.63, 3.8) is 0 Å². The van der Waals surface area contributed by atoms with Crippen LogP contribution in [0.5, 0.6) is 0 Å². The molecule has 1 heterocycles. The molecular formula is C22H18F8O. The summed E-state index contributed by atoms with van der Waals surface area (Å²) in [4.78, 5) is 0. The van der Waals surface area contributed by atoms with Crippen LogP contribution in [0, 0.1) is 17.5 Å².